The van der Waals surface area contributed by atoms with Gasteiger partial charge in [0.25, 0.3) is 0 Å². The highest BCUT2D eigenvalue weighted by Crippen LogP contribution is 2.18. The molecule has 0 saturated carbocycles. The summed E-state index contributed by atoms with van der Waals surface area (Å²) in [5.41, 5.74) is 2.85. The van der Waals surface area contributed by atoms with E-state index in [1.807, 2.05) is 19.9 Å². The third-order valence-electron chi connectivity index (χ3n) is 3.51. The third-order valence-corrected chi connectivity index (χ3v) is 3.51. The number of aryl methyl sites for hydroxylation is 2. The second kappa shape index (κ2) is 10.6. The highest BCUT2D eigenvalue weighted by Gasteiger charge is 1.95. The van der Waals surface area contributed by atoms with E-state index < -0.39 is 0 Å². The zero-order valence-corrected chi connectivity index (χ0v) is 14.3. The summed E-state index contributed by atoms with van der Waals surface area (Å²) in [7, 11) is 0. The molecule has 3 rings (SSSR count). The number of hydrogen-bond donors (Lipinski definition) is 0. The monoisotopic (exact) mass is 292 g/mol. The van der Waals surface area contributed by atoms with E-state index in [0.29, 0.717) is 0 Å². The molecule has 0 bridgehead atoms. The normalized spacial score (nSPS) is 9.27. The lowest BCUT2D eigenvalue weighted by Crippen LogP contribution is -1.81. The van der Waals surface area contributed by atoms with Gasteiger partial charge in [0.1, 0.15) is 0 Å². The molecule has 0 aliphatic rings. The van der Waals surface area contributed by atoms with Crippen LogP contribution in [-0.4, -0.2) is 0 Å². The smallest absolute Gasteiger partial charge is 0.0152 e. The van der Waals surface area contributed by atoms with Crippen LogP contribution in [0.4, 0.5) is 0 Å². The van der Waals surface area contributed by atoms with Gasteiger partial charge in [0.2, 0.25) is 0 Å². The molecule has 0 saturated heterocycles. The Morgan fingerprint density at radius 1 is 0.591 bits per heavy atom. The number of hydrogen-bond acceptors (Lipinski definition) is 0. The van der Waals surface area contributed by atoms with Crippen molar-refractivity contribution in [3.05, 3.63) is 83.9 Å². The van der Waals surface area contributed by atoms with Crippen LogP contribution >= 0.6 is 0 Å². The van der Waals surface area contributed by atoms with Gasteiger partial charge in [-0.15, -0.1) is 0 Å². The predicted octanol–water partition coefficient (Wildman–Crippen LogP) is 6.68. The van der Waals surface area contributed by atoms with Gasteiger partial charge in [0, 0.05) is 0 Å². The first-order valence-corrected chi connectivity index (χ1v) is 8.35. The lowest BCUT2D eigenvalue weighted by Gasteiger charge is -2.02. The molecule has 3 aromatic carbocycles. The van der Waals surface area contributed by atoms with Crippen molar-refractivity contribution in [1.29, 1.82) is 0 Å². The van der Waals surface area contributed by atoms with Crippen molar-refractivity contribution in [1.82, 2.24) is 0 Å². The summed E-state index contributed by atoms with van der Waals surface area (Å²) in [4.78, 5) is 0. The van der Waals surface area contributed by atoms with Crippen molar-refractivity contribution in [2.75, 3.05) is 0 Å². The Hall–Kier alpha value is -2.08. The summed E-state index contributed by atoms with van der Waals surface area (Å²) in [5, 5.41) is 2.74. The largest absolute Gasteiger partial charge is 0.0683 e. The van der Waals surface area contributed by atoms with Gasteiger partial charge in [-0.05, 0) is 34.7 Å². The van der Waals surface area contributed by atoms with Gasteiger partial charge in [0.05, 0.1) is 0 Å². The minimum atomic E-state index is 1.11. The summed E-state index contributed by atoms with van der Waals surface area (Å²) in [6.07, 6.45) is 2.25. The molecule has 0 aliphatic heterocycles. The molecule has 0 heterocycles. The molecule has 0 N–H and O–H groups in total. The van der Waals surface area contributed by atoms with Gasteiger partial charge in [0.15, 0.2) is 0 Å². The van der Waals surface area contributed by atoms with Crippen LogP contribution in [0.5, 0.6) is 0 Å². The van der Waals surface area contributed by atoms with E-state index in [2.05, 4.69) is 80.6 Å². The maximum Gasteiger partial charge on any atom is -0.0152 e. The van der Waals surface area contributed by atoms with Crippen molar-refractivity contribution in [2.24, 2.45) is 0 Å². The van der Waals surface area contributed by atoms with Gasteiger partial charge >= 0.3 is 0 Å². The maximum absolute atomic E-state index is 2.20. The number of rotatable bonds is 2. The van der Waals surface area contributed by atoms with Crippen LogP contribution in [0.1, 0.15) is 38.8 Å². The molecule has 0 atom stereocenters. The molecule has 0 nitrogen and oxygen atoms in total. The van der Waals surface area contributed by atoms with Gasteiger partial charge in [-0.1, -0.05) is 100 Å². The second-order valence-corrected chi connectivity index (χ2v) is 4.83. The van der Waals surface area contributed by atoms with Crippen molar-refractivity contribution in [3.63, 3.8) is 0 Å². The van der Waals surface area contributed by atoms with Crippen LogP contribution < -0.4 is 0 Å². The molecule has 0 amide bonds. The zero-order chi connectivity index (χ0) is 16.2. The zero-order valence-electron chi connectivity index (χ0n) is 14.3. The van der Waals surface area contributed by atoms with Crippen LogP contribution in [0.2, 0.25) is 0 Å². The summed E-state index contributed by atoms with van der Waals surface area (Å²) < 4.78 is 0. The Labute approximate surface area is 135 Å². The van der Waals surface area contributed by atoms with Gasteiger partial charge in [-0.25, -0.2) is 0 Å². The predicted molar refractivity (Wildman–Crippen MR) is 100 cm³/mol. The fourth-order valence-corrected chi connectivity index (χ4v) is 2.31. The minimum absolute atomic E-state index is 1.11. The topological polar surface area (TPSA) is 0 Å². The van der Waals surface area contributed by atoms with E-state index in [9.17, 15) is 0 Å². The first-order valence-electron chi connectivity index (χ1n) is 8.35. The average Bonchev–Trinajstić information content (AvgIpc) is 2.64. The molecule has 0 heteroatoms. The summed E-state index contributed by atoms with van der Waals surface area (Å²) >= 11 is 0. The second-order valence-electron chi connectivity index (χ2n) is 4.83. The molecular formula is C22H28. The van der Waals surface area contributed by atoms with E-state index in [1.165, 1.54) is 21.9 Å². The molecule has 3 aromatic rings. The van der Waals surface area contributed by atoms with E-state index in [1.54, 1.807) is 0 Å². The van der Waals surface area contributed by atoms with Crippen molar-refractivity contribution >= 4 is 10.8 Å². The fourth-order valence-electron chi connectivity index (χ4n) is 2.31. The van der Waals surface area contributed by atoms with Crippen LogP contribution in [0, 0.1) is 0 Å². The van der Waals surface area contributed by atoms with E-state index >= 15 is 0 Å². The van der Waals surface area contributed by atoms with Gasteiger partial charge in [-0.3, -0.25) is 0 Å². The summed E-state index contributed by atoms with van der Waals surface area (Å²) in [5.74, 6) is 0. The summed E-state index contributed by atoms with van der Waals surface area (Å²) in [6, 6.07) is 25.5. The molecule has 116 valence electrons. The molecular weight excluding hydrogens is 264 g/mol. The van der Waals surface area contributed by atoms with Crippen molar-refractivity contribution < 1.29 is 0 Å². The number of benzene rings is 3. The first-order chi connectivity index (χ1) is 10.8. The highest BCUT2D eigenvalue weighted by molar-refractivity contribution is 5.85. The van der Waals surface area contributed by atoms with Crippen molar-refractivity contribution in [2.45, 2.75) is 40.5 Å². The molecule has 0 unspecified atom stereocenters. The fraction of sp³-hybridized carbons (Fsp3) is 0.273. The first kappa shape index (κ1) is 18.0. The Kier molecular flexibility index (Phi) is 8.67. The van der Waals surface area contributed by atoms with Crippen LogP contribution in [0.3, 0.4) is 0 Å². The Morgan fingerprint density at radius 2 is 1.18 bits per heavy atom. The minimum Gasteiger partial charge on any atom is -0.0683 e. The molecule has 0 spiro atoms. The highest BCUT2D eigenvalue weighted by atomic mass is 14.0. The van der Waals surface area contributed by atoms with E-state index in [4.69, 9.17) is 0 Å². The molecule has 0 fully saturated rings. The Morgan fingerprint density at radius 3 is 1.77 bits per heavy atom. The molecule has 22 heavy (non-hydrogen) atoms. The average molecular weight is 292 g/mol. The maximum atomic E-state index is 2.20. The lowest BCUT2D eigenvalue weighted by molar-refractivity contribution is 1.14. The lowest BCUT2D eigenvalue weighted by atomic mass is 10.0. The number of fused-ring (bicyclic) bond motifs is 1. The molecule has 0 radical (unpaired) electrons. The standard InChI is InChI=1S/C12H12.C8H10.C2H6/c1-2-10-7-5-8-11-6-3-4-9-12(10)11;1-2-8-6-4-3-5-7-8;1-2/h3-9H,2H2,1H3;3-7H,2H2,1H3;1-2H3. The molecule has 0 aliphatic carbocycles. The SMILES string of the molecule is CC.CCc1cccc2ccccc12.CCc1ccccc1. The Balaban J connectivity index is 0.000000211. The van der Waals surface area contributed by atoms with Crippen LogP contribution in [-0.2, 0) is 12.8 Å². The van der Waals surface area contributed by atoms with Crippen LogP contribution in [0.25, 0.3) is 10.8 Å². The van der Waals surface area contributed by atoms with Gasteiger partial charge in [-0.2, -0.15) is 0 Å². The third kappa shape index (κ3) is 5.37. The quantitative estimate of drug-likeness (QED) is 0.494. The van der Waals surface area contributed by atoms with E-state index in [0.717, 1.165) is 12.8 Å². The van der Waals surface area contributed by atoms with Crippen molar-refractivity contribution in [3.8, 4) is 0 Å². The molecule has 0 aromatic heterocycles. The van der Waals surface area contributed by atoms with Crippen LogP contribution in [0.15, 0.2) is 72.8 Å². The summed E-state index contributed by atoms with van der Waals surface area (Å²) in [6.45, 7) is 8.36. The Bertz CT molecular complexity index is 633. The van der Waals surface area contributed by atoms with Gasteiger partial charge < -0.3 is 0 Å². The van der Waals surface area contributed by atoms with E-state index in [-0.39, 0.29) is 0 Å².